The van der Waals surface area contributed by atoms with Crippen LogP contribution in [0.2, 0.25) is 0 Å². The molecular formula is C28H24N2O7. The van der Waals surface area contributed by atoms with Gasteiger partial charge in [-0.2, -0.15) is 5.26 Å². The maximum Gasteiger partial charge on any atom is 0.331 e. The molecule has 0 saturated heterocycles. The topological polar surface area (TPSA) is 120 Å². The van der Waals surface area contributed by atoms with E-state index in [9.17, 15) is 9.59 Å². The van der Waals surface area contributed by atoms with Crippen molar-refractivity contribution >= 4 is 45.6 Å². The highest BCUT2D eigenvalue weighted by molar-refractivity contribution is 6.08. The van der Waals surface area contributed by atoms with Crippen LogP contribution < -0.4 is 19.5 Å². The molecule has 9 nitrogen and oxygen atoms in total. The molecule has 0 spiro atoms. The predicted octanol–water partition coefficient (Wildman–Crippen LogP) is 5.09. The summed E-state index contributed by atoms with van der Waals surface area (Å²) in [5, 5.41) is 13.2. The molecule has 9 heteroatoms. The lowest BCUT2D eigenvalue weighted by Crippen LogP contribution is -2.29. The van der Waals surface area contributed by atoms with Crippen LogP contribution in [0.5, 0.6) is 17.2 Å². The van der Waals surface area contributed by atoms with Crippen molar-refractivity contribution in [3.63, 3.8) is 0 Å². The van der Waals surface area contributed by atoms with Gasteiger partial charge in [-0.1, -0.05) is 24.3 Å². The molecule has 0 bridgehead atoms. The van der Waals surface area contributed by atoms with Crippen LogP contribution in [0.1, 0.15) is 12.5 Å². The minimum atomic E-state index is -1.08. The highest BCUT2D eigenvalue weighted by Gasteiger charge is 2.20. The van der Waals surface area contributed by atoms with Crippen LogP contribution in [0.4, 0.5) is 5.69 Å². The molecule has 0 unspecified atom stereocenters. The summed E-state index contributed by atoms with van der Waals surface area (Å²) in [6.07, 6.45) is 1.64. The molecule has 1 atom stereocenters. The number of methoxy groups -OCH3 is 2. The Morgan fingerprint density at radius 3 is 2.54 bits per heavy atom. The first-order valence-corrected chi connectivity index (χ1v) is 11.3. The number of fused-ring (bicyclic) bond motifs is 3. The fourth-order valence-electron chi connectivity index (χ4n) is 3.70. The molecule has 0 radical (unpaired) electrons. The molecule has 0 aliphatic carbocycles. The lowest BCUT2D eigenvalue weighted by molar-refractivity contribution is -0.148. The van der Waals surface area contributed by atoms with Gasteiger partial charge in [0.25, 0.3) is 5.91 Å². The van der Waals surface area contributed by atoms with Crippen LogP contribution in [-0.2, 0) is 14.3 Å². The standard InChI is InChI=1S/C28H24N2O7/c1-17(36-27(31)11-9-18-8-10-23(35-13-12-29)26(14-18)34-3)28(32)30-21-16-24-20(15-25(21)33-2)19-6-4-5-7-22(19)37-24/h4-11,14-17H,13H2,1-3H3,(H,30,32)/b11-9+/t17-/m1/s1. The molecule has 1 heterocycles. The number of benzene rings is 3. The summed E-state index contributed by atoms with van der Waals surface area (Å²) in [4.78, 5) is 25.1. The number of rotatable bonds is 9. The van der Waals surface area contributed by atoms with Gasteiger partial charge in [0.2, 0.25) is 0 Å². The number of nitrogens with zero attached hydrogens (tertiary/aromatic N) is 1. The summed E-state index contributed by atoms with van der Waals surface area (Å²) < 4.78 is 27.1. The normalized spacial score (nSPS) is 11.7. The molecule has 0 fully saturated rings. The number of para-hydroxylation sites is 1. The van der Waals surface area contributed by atoms with Gasteiger partial charge in [-0.05, 0) is 42.8 Å². The van der Waals surface area contributed by atoms with Gasteiger partial charge in [0.15, 0.2) is 24.2 Å². The molecule has 0 aliphatic heterocycles. The molecule has 1 N–H and O–H groups in total. The first-order chi connectivity index (χ1) is 17.9. The number of carbonyl (C=O) groups excluding carboxylic acids is 2. The van der Waals surface area contributed by atoms with Gasteiger partial charge in [0, 0.05) is 22.9 Å². The third-order valence-corrected chi connectivity index (χ3v) is 5.51. The average Bonchev–Trinajstić information content (AvgIpc) is 3.27. The molecule has 4 rings (SSSR count). The van der Waals surface area contributed by atoms with Crippen LogP contribution in [0, 0.1) is 11.3 Å². The fourth-order valence-corrected chi connectivity index (χ4v) is 3.70. The van der Waals surface area contributed by atoms with Gasteiger partial charge >= 0.3 is 5.97 Å². The zero-order valence-electron chi connectivity index (χ0n) is 20.4. The second-order valence-electron chi connectivity index (χ2n) is 7.91. The van der Waals surface area contributed by atoms with E-state index in [1.54, 1.807) is 30.3 Å². The van der Waals surface area contributed by atoms with Gasteiger partial charge in [-0.15, -0.1) is 0 Å². The van der Waals surface area contributed by atoms with E-state index >= 15 is 0 Å². The van der Waals surface area contributed by atoms with Crippen LogP contribution in [0.25, 0.3) is 28.0 Å². The van der Waals surface area contributed by atoms with E-state index in [1.165, 1.54) is 33.3 Å². The lowest BCUT2D eigenvalue weighted by atomic mass is 10.1. The Labute approximate surface area is 212 Å². The average molecular weight is 501 g/mol. The Bertz CT molecular complexity index is 1530. The summed E-state index contributed by atoms with van der Waals surface area (Å²) >= 11 is 0. The Morgan fingerprint density at radius 2 is 1.78 bits per heavy atom. The van der Waals surface area contributed by atoms with Crippen LogP contribution in [0.3, 0.4) is 0 Å². The molecule has 3 aromatic carbocycles. The number of nitriles is 1. The zero-order valence-corrected chi connectivity index (χ0v) is 20.4. The van der Waals surface area contributed by atoms with Crippen molar-refractivity contribution in [2.75, 3.05) is 26.1 Å². The summed E-state index contributed by atoms with van der Waals surface area (Å²) in [7, 11) is 2.97. The molecule has 4 aromatic rings. The van der Waals surface area contributed by atoms with Gasteiger partial charge in [0.05, 0.1) is 19.9 Å². The molecule has 37 heavy (non-hydrogen) atoms. The number of amides is 1. The van der Waals surface area contributed by atoms with Crippen molar-refractivity contribution < 1.29 is 33.0 Å². The number of furan rings is 1. The summed E-state index contributed by atoms with van der Waals surface area (Å²) in [6.45, 7) is 1.35. The Hall–Kier alpha value is -4.97. The van der Waals surface area contributed by atoms with Crippen LogP contribution in [0.15, 0.2) is 65.1 Å². The van der Waals surface area contributed by atoms with Crippen molar-refractivity contribution in [2.24, 2.45) is 0 Å². The van der Waals surface area contributed by atoms with Gasteiger partial charge in [-0.25, -0.2) is 4.79 Å². The monoisotopic (exact) mass is 500 g/mol. The maximum absolute atomic E-state index is 12.8. The number of ether oxygens (including phenoxy) is 4. The molecule has 1 aromatic heterocycles. The second-order valence-corrected chi connectivity index (χ2v) is 7.91. The van der Waals surface area contributed by atoms with E-state index in [0.29, 0.717) is 34.1 Å². The van der Waals surface area contributed by atoms with E-state index in [-0.39, 0.29) is 6.61 Å². The third-order valence-electron chi connectivity index (χ3n) is 5.51. The smallest absolute Gasteiger partial charge is 0.331 e. The Kier molecular flexibility index (Phi) is 7.59. The number of hydrogen-bond acceptors (Lipinski definition) is 8. The van der Waals surface area contributed by atoms with Gasteiger partial charge < -0.3 is 28.7 Å². The highest BCUT2D eigenvalue weighted by atomic mass is 16.5. The largest absolute Gasteiger partial charge is 0.495 e. The number of anilines is 1. The zero-order chi connectivity index (χ0) is 26.4. The van der Waals surface area contributed by atoms with Crippen molar-refractivity contribution in [2.45, 2.75) is 13.0 Å². The minimum absolute atomic E-state index is 0.115. The van der Waals surface area contributed by atoms with E-state index in [0.717, 1.165) is 16.4 Å². The quantitative estimate of drug-likeness (QED) is 0.249. The first kappa shape index (κ1) is 25.1. The first-order valence-electron chi connectivity index (χ1n) is 11.3. The van der Waals surface area contributed by atoms with Crippen molar-refractivity contribution in [3.8, 4) is 23.3 Å². The number of esters is 1. The second kappa shape index (κ2) is 11.2. The third kappa shape index (κ3) is 5.65. The van der Waals surface area contributed by atoms with Gasteiger partial charge in [-0.3, -0.25) is 4.79 Å². The SMILES string of the molecule is COc1cc2c(cc1NC(=O)[C@@H](C)OC(=O)/C=C/c1ccc(OCC#N)c(OC)c1)oc1ccccc12. The number of hydrogen-bond donors (Lipinski definition) is 1. The van der Waals surface area contributed by atoms with E-state index in [2.05, 4.69) is 5.32 Å². The number of nitrogens with one attached hydrogen (secondary N) is 1. The highest BCUT2D eigenvalue weighted by Crippen LogP contribution is 2.36. The molecule has 0 aliphatic rings. The molecule has 0 saturated carbocycles. The Morgan fingerprint density at radius 1 is 1.00 bits per heavy atom. The molecule has 1 amide bonds. The van der Waals surface area contributed by atoms with Crippen LogP contribution >= 0.6 is 0 Å². The van der Waals surface area contributed by atoms with Crippen molar-refractivity contribution in [1.29, 1.82) is 5.26 Å². The Balaban J connectivity index is 1.42. The van der Waals surface area contributed by atoms with Crippen LogP contribution in [-0.4, -0.2) is 38.8 Å². The summed E-state index contributed by atoms with van der Waals surface area (Å²) in [6, 6.07) is 17.9. The van der Waals surface area contributed by atoms with E-state index in [4.69, 9.17) is 28.6 Å². The molecular weight excluding hydrogens is 476 g/mol. The lowest BCUT2D eigenvalue weighted by Gasteiger charge is -2.14. The van der Waals surface area contributed by atoms with E-state index in [1.807, 2.05) is 30.3 Å². The fraction of sp³-hybridized carbons (Fsp3) is 0.179. The summed E-state index contributed by atoms with van der Waals surface area (Å²) in [5.41, 5.74) is 2.34. The van der Waals surface area contributed by atoms with Crippen molar-refractivity contribution in [3.05, 3.63) is 66.2 Å². The summed E-state index contributed by atoms with van der Waals surface area (Å²) in [5.74, 6) is 0.0310. The minimum Gasteiger partial charge on any atom is -0.495 e. The van der Waals surface area contributed by atoms with Crippen molar-refractivity contribution in [1.82, 2.24) is 0 Å². The predicted molar refractivity (Wildman–Crippen MR) is 138 cm³/mol. The van der Waals surface area contributed by atoms with Gasteiger partial charge in [0.1, 0.15) is 23.0 Å². The molecule has 188 valence electrons. The van der Waals surface area contributed by atoms with E-state index < -0.39 is 18.0 Å². The number of carbonyl (C=O) groups is 2. The maximum atomic E-state index is 12.8.